The van der Waals surface area contributed by atoms with Gasteiger partial charge >= 0.3 is 0 Å². The molecule has 1 aliphatic heterocycles. The Balaban J connectivity index is 2.10. The van der Waals surface area contributed by atoms with E-state index in [1.54, 1.807) is 0 Å². The van der Waals surface area contributed by atoms with Crippen LogP contribution in [0.3, 0.4) is 0 Å². The van der Waals surface area contributed by atoms with Crippen molar-refractivity contribution >= 4 is 11.6 Å². The van der Waals surface area contributed by atoms with Crippen LogP contribution in [0.1, 0.15) is 19.4 Å². The molecule has 92 valence electrons. The lowest BCUT2D eigenvalue weighted by molar-refractivity contribution is -0.118. The molecule has 2 rings (SSSR count). The van der Waals surface area contributed by atoms with Crippen LogP contribution in [0.2, 0.25) is 0 Å². The Hall–Kier alpha value is -1.55. The second kappa shape index (κ2) is 5.19. The monoisotopic (exact) mass is 234 g/mol. The van der Waals surface area contributed by atoms with Crippen molar-refractivity contribution in [1.82, 2.24) is 5.32 Å². The fraction of sp³-hybridized carbons (Fsp3) is 0.462. The maximum absolute atomic E-state index is 11.2. The van der Waals surface area contributed by atoms with E-state index in [2.05, 4.69) is 24.5 Å². The average Bonchev–Trinajstić information content (AvgIpc) is 2.28. The van der Waals surface area contributed by atoms with Gasteiger partial charge in [-0.15, -0.1) is 0 Å². The molecule has 2 N–H and O–H groups in total. The Kier molecular flexibility index (Phi) is 3.64. The van der Waals surface area contributed by atoms with Crippen LogP contribution in [-0.4, -0.2) is 25.1 Å². The zero-order valence-corrected chi connectivity index (χ0v) is 10.2. The SMILES string of the molecule is CCNC(C)Cc1ccc2c(c1)NC(=O)CO2. The Morgan fingerprint density at radius 2 is 2.35 bits per heavy atom. The topological polar surface area (TPSA) is 50.4 Å². The van der Waals surface area contributed by atoms with Crippen molar-refractivity contribution in [3.63, 3.8) is 0 Å². The number of anilines is 1. The third-order valence-electron chi connectivity index (χ3n) is 2.77. The number of carbonyl (C=O) groups excluding carboxylic acids is 1. The van der Waals surface area contributed by atoms with E-state index in [9.17, 15) is 4.79 Å². The molecule has 1 atom stereocenters. The normalized spacial score (nSPS) is 15.8. The molecule has 0 saturated carbocycles. The van der Waals surface area contributed by atoms with Crippen LogP contribution in [0.15, 0.2) is 18.2 Å². The zero-order chi connectivity index (χ0) is 12.3. The maximum atomic E-state index is 11.2. The number of likely N-dealkylation sites (N-methyl/N-ethyl adjacent to an activating group) is 1. The lowest BCUT2D eigenvalue weighted by atomic mass is 10.1. The van der Waals surface area contributed by atoms with E-state index in [1.165, 1.54) is 5.56 Å². The third-order valence-corrected chi connectivity index (χ3v) is 2.77. The van der Waals surface area contributed by atoms with Gasteiger partial charge in [-0.1, -0.05) is 13.0 Å². The highest BCUT2D eigenvalue weighted by molar-refractivity contribution is 5.95. The first-order chi connectivity index (χ1) is 8.19. The maximum Gasteiger partial charge on any atom is 0.262 e. The molecule has 1 aromatic carbocycles. The number of carbonyl (C=O) groups is 1. The van der Waals surface area contributed by atoms with Gasteiger partial charge in [0.2, 0.25) is 0 Å². The van der Waals surface area contributed by atoms with Crippen LogP contribution in [0.4, 0.5) is 5.69 Å². The second-order valence-corrected chi connectivity index (χ2v) is 4.33. The smallest absolute Gasteiger partial charge is 0.262 e. The fourth-order valence-corrected chi connectivity index (χ4v) is 2.03. The van der Waals surface area contributed by atoms with Gasteiger partial charge in [-0.05, 0) is 37.6 Å². The van der Waals surface area contributed by atoms with E-state index >= 15 is 0 Å². The molecule has 4 nitrogen and oxygen atoms in total. The van der Waals surface area contributed by atoms with Gasteiger partial charge in [0.05, 0.1) is 5.69 Å². The predicted octanol–water partition coefficient (Wildman–Crippen LogP) is 1.56. The second-order valence-electron chi connectivity index (χ2n) is 4.33. The van der Waals surface area contributed by atoms with Crippen LogP contribution in [-0.2, 0) is 11.2 Å². The summed E-state index contributed by atoms with van der Waals surface area (Å²) in [4.78, 5) is 11.2. The van der Waals surface area contributed by atoms with E-state index in [-0.39, 0.29) is 12.5 Å². The summed E-state index contributed by atoms with van der Waals surface area (Å²) in [5, 5.41) is 6.19. The molecule has 0 radical (unpaired) electrons. The van der Waals surface area contributed by atoms with Gasteiger partial charge in [0.1, 0.15) is 5.75 Å². The number of hydrogen-bond donors (Lipinski definition) is 2. The highest BCUT2D eigenvalue weighted by Crippen LogP contribution is 2.28. The highest BCUT2D eigenvalue weighted by Gasteiger charge is 2.16. The van der Waals surface area contributed by atoms with Gasteiger partial charge in [-0.25, -0.2) is 0 Å². The molecule has 0 bridgehead atoms. The average molecular weight is 234 g/mol. The molecule has 0 spiro atoms. The van der Waals surface area contributed by atoms with Gasteiger partial charge in [0.15, 0.2) is 6.61 Å². The molecular weight excluding hydrogens is 216 g/mol. The highest BCUT2D eigenvalue weighted by atomic mass is 16.5. The molecule has 4 heteroatoms. The number of fused-ring (bicyclic) bond motifs is 1. The zero-order valence-electron chi connectivity index (χ0n) is 10.2. The Morgan fingerprint density at radius 1 is 1.53 bits per heavy atom. The molecule has 1 heterocycles. The van der Waals surface area contributed by atoms with Crippen LogP contribution < -0.4 is 15.4 Å². The number of benzene rings is 1. The molecule has 1 aliphatic rings. The predicted molar refractivity (Wildman–Crippen MR) is 67.4 cm³/mol. The fourth-order valence-electron chi connectivity index (χ4n) is 2.03. The number of rotatable bonds is 4. The Bertz CT molecular complexity index is 418. The molecule has 1 unspecified atom stereocenters. The van der Waals surface area contributed by atoms with Crippen molar-refractivity contribution in [3.05, 3.63) is 23.8 Å². The van der Waals surface area contributed by atoms with Gasteiger partial charge in [0, 0.05) is 6.04 Å². The van der Waals surface area contributed by atoms with Crippen molar-refractivity contribution in [1.29, 1.82) is 0 Å². The van der Waals surface area contributed by atoms with Crippen molar-refractivity contribution in [2.24, 2.45) is 0 Å². The van der Waals surface area contributed by atoms with Gasteiger partial charge in [0.25, 0.3) is 5.91 Å². The quantitative estimate of drug-likeness (QED) is 0.831. The van der Waals surface area contributed by atoms with Gasteiger partial charge in [-0.3, -0.25) is 4.79 Å². The number of ether oxygens (including phenoxy) is 1. The first-order valence-electron chi connectivity index (χ1n) is 5.98. The van der Waals surface area contributed by atoms with Crippen LogP contribution in [0.5, 0.6) is 5.75 Å². The van der Waals surface area contributed by atoms with E-state index in [4.69, 9.17) is 4.74 Å². The van der Waals surface area contributed by atoms with Crippen LogP contribution in [0, 0.1) is 0 Å². The van der Waals surface area contributed by atoms with Crippen molar-refractivity contribution < 1.29 is 9.53 Å². The molecule has 1 amide bonds. The number of amides is 1. The summed E-state index contributed by atoms with van der Waals surface area (Å²) >= 11 is 0. The van der Waals surface area contributed by atoms with E-state index in [1.807, 2.05) is 18.2 Å². The summed E-state index contributed by atoms with van der Waals surface area (Å²) in [6.07, 6.45) is 0.941. The van der Waals surface area contributed by atoms with Gasteiger partial charge in [-0.2, -0.15) is 0 Å². The Morgan fingerprint density at radius 3 is 3.12 bits per heavy atom. The molecule has 0 aliphatic carbocycles. The van der Waals surface area contributed by atoms with E-state index in [0.717, 1.165) is 24.4 Å². The number of hydrogen-bond acceptors (Lipinski definition) is 3. The van der Waals surface area contributed by atoms with E-state index < -0.39 is 0 Å². The minimum Gasteiger partial charge on any atom is -0.482 e. The van der Waals surface area contributed by atoms with Crippen LogP contribution in [0.25, 0.3) is 0 Å². The first-order valence-corrected chi connectivity index (χ1v) is 5.98. The molecule has 0 fully saturated rings. The summed E-state index contributed by atoms with van der Waals surface area (Å²) < 4.78 is 5.32. The minimum atomic E-state index is -0.0885. The summed E-state index contributed by atoms with van der Waals surface area (Å²) in [7, 11) is 0. The molecular formula is C13H18N2O2. The summed E-state index contributed by atoms with van der Waals surface area (Å²) in [5.41, 5.74) is 1.98. The van der Waals surface area contributed by atoms with E-state index in [0.29, 0.717) is 6.04 Å². The molecule has 0 saturated heterocycles. The Labute approximate surface area is 101 Å². The summed E-state index contributed by atoms with van der Waals surface area (Å²) in [6.45, 7) is 5.32. The molecule has 17 heavy (non-hydrogen) atoms. The van der Waals surface area contributed by atoms with Crippen molar-refractivity contribution in [2.75, 3.05) is 18.5 Å². The van der Waals surface area contributed by atoms with Crippen LogP contribution >= 0.6 is 0 Å². The largest absolute Gasteiger partial charge is 0.482 e. The van der Waals surface area contributed by atoms with Crippen molar-refractivity contribution in [3.8, 4) is 5.75 Å². The van der Waals surface area contributed by atoms with Gasteiger partial charge < -0.3 is 15.4 Å². The standard InChI is InChI=1S/C13H18N2O2/c1-3-14-9(2)6-10-4-5-12-11(7-10)15-13(16)8-17-12/h4-5,7,9,14H,3,6,8H2,1-2H3,(H,15,16). The molecule has 0 aromatic heterocycles. The molecule has 1 aromatic rings. The summed E-state index contributed by atoms with van der Waals surface area (Å²) in [6, 6.07) is 6.38. The third kappa shape index (κ3) is 2.97. The lowest BCUT2D eigenvalue weighted by Crippen LogP contribution is -2.28. The number of nitrogens with one attached hydrogen (secondary N) is 2. The summed E-state index contributed by atoms with van der Waals surface area (Å²) in [5.74, 6) is 0.666. The minimum absolute atomic E-state index is 0.0885. The lowest BCUT2D eigenvalue weighted by Gasteiger charge is -2.19. The van der Waals surface area contributed by atoms with Crippen molar-refractivity contribution in [2.45, 2.75) is 26.3 Å². The first kappa shape index (κ1) is 11.9.